The number of aliphatic hydroxyl groups is 1. The minimum absolute atomic E-state index is 0.241. The van der Waals surface area contributed by atoms with Crippen molar-refractivity contribution in [2.45, 2.75) is 45.7 Å². The lowest BCUT2D eigenvalue weighted by molar-refractivity contribution is 0.240. The first-order chi connectivity index (χ1) is 10.1. The van der Waals surface area contributed by atoms with Crippen LogP contribution < -0.4 is 10.2 Å². The predicted octanol–water partition coefficient (Wildman–Crippen LogP) is 3.55. The van der Waals surface area contributed by atoms with Gasteiger partial charge in [0.05, 0.1) is 12.6 Å². The molecule has 0 aliphatic carbocycles. The molecule has 0 saturated carbocycles. The summed E-state index contributed by atoms with van der Waals surface area (Å²) in [5.74, 6) is 0.657. The Bertz CT molecular complexity index is 450. The summed E-state index contributed by atoms with van der Waals surface area (Å²) >= 11 is 3.59. The zero-order valence-corrected chi connectivity index (χ0v) is 14.7. The van der Waals surface area contributed by atoms with E-state index in [1.807, 2.05) is 0 Å². The summed E-state index contributed by atoms with van der Waals surface area (Å²) in [5.41, 5.74) is 2.58. The van der Waals surface area contributed by atoms with Crippen LogP contribution in [0.25, 0.3) is 0 Å². The van der Waals surface area contributed by atoms with Gasteiger partial charge >= 0.3 is 0 Å². The summed E-state index contributed by atoms with van der Waals surface area (Å²) in [6.45, 7) is 7.64. The Morgan fingerprint density at radius 1 is 1.38 bits per heavy atom. The Hall–Kier alpha value is -0.580. The summed E-state index contributed by atoms with van der Waals surface area (Å²) in [5, 5.41) is 13.2. The second-order valence-electron chi connectivity index (χ2n) is 6.32. The number of anilines is 1. The van der Waals surface area contributed by atoms with Gasteiger partial charge in [-0.25, -0.2) is 0 Å². The lowest BCUT2D eigenvalue weighted by Gasteiger charge is -2.38. The molecule has 1 aromatic carbocycles. The van der Waals surface area contributed by atoms with E-state index in [0.717, 1.165) is 30.5 Å². The number of nitrogens with zero attached hydrogens (tertiary/aromatic N) is 1. The quantitative estimate of drug-likeness (QED) is 0.819. The summed E-state index contributed by atoms with van der Waals surface area (Å²) in [6.07, 6.45) is 3.51. The van der Waals surface area contributed by atoms with Gasteiger partial charge in [-0.15, -0.1) is 0 Å². The molecule has 1 fully saturated rings. The van der Waals surface area contributed by atoms with E-state index >= 15 is 0 Å². The maximum atomic E-state index is 9.66. The van der Waals surface area contributed by atoms with Crippen molar-refractivity contribution in [1.29, 1.82) is 0 Å². The van der Waals surface area contributed by atoms with Gasteiger partial charge in [-0.3, -0.25) is 0 Å². The smallest absolute Gasteiger partial charge is 0.0635 e. The topological polar surface area (TPSA) is 35.5 Å². The average Bonchev–Trinajstić information content (AvgIpc) is 2.48. The van der Waals surface area contributed by atoms with Crippen LogP contribution in [-0.4, -0.2) is 30.8 Å². The summed E-state index contributed by atoms with van der Waals surface area (Å²) in [4.78, 5) is 2.39. The molecule has 1 atom stereocenters. The fraction of sp³-hybridized carbons (Fsp3) is 0.647. The number of nitrogens with one attached hydrogen (secondary N) is 1. The molecule has 1 aliphatic heterocycles. The molecule has 21 heavy (non-hydrogen) atoms. The van der Waals surface area contributed by atoms with Crippen molar-refractivity contribution in [3.05, 3.63) is 28.2 Å². The number of hydrogen-bond donors (Lipinski definition) is 2. The highest BCUT2D eigenvalue weighted by Gasteiger charge is 2.23. The SMILES string of the molecule is CC(C)CNCc1ccc(Br)cc1N1CCCCC1CO. The molecule has 2 N–H and O–H groups in total. The second-order valence-corrected chi connectivity index (χ2v) is 7.24. The van der Waals surface area contributed by atoms with Crippen molar-refractivity contribution >= 4 is 21.6 Å². The number of halogens is 1. The minimum atomic E-state index is 0.241. The van der Waals surface area contributed by atoms with Crippen LogP contribution >= 0.6 is 15.9 Å². The monoisotopic (exact) mass is 354 g/mol. The summed E-state index contributed by atoms with van der Waals surface area (Å²) < 4.78 is 1.10. The molecule has 0 bridgehead atoms. The van der Waals surface area contributed by atoms with Gasteiger partial charge in [0.2, 0.25) is 0 Å². The van der Waals surface area contributed by atoms with Gasteiger partial charge < -0.3 is 15.3 Å². The largest absolute Gasteiger partial charge is 0.394 e. The van der Waals surface area contributed by atoms with E-state index in [0.29, 0.717) is 5.92 Å². The van der Waals surface area contributed by atoms with Gasteiger partial charge in [0.15, 0.2) is 0 Å². The summed E-state index contributed by atoms with van der Waals surface area (Å²) in [6, 6.07) is 6.75. The Morgan fingerprint density at radius 2 is 2.19 bits per heavy atom. The van der Waals surface area contributed by atoms with Gasteiger partial charge in [0, 0.05) is 23.2 Å². The summed E-state index contributed by atoms with van der Waals surface area (Å²) in [7, 11) is 0. The van der Waals surface area contributed by atoms with Crippen LogP contribution in [0.2, 0.25) is 0 Å². The standard InChI is InChI=1S/C17H27BrN2O/c1-13(2)10-19-11-14-6-7-15(18)9-17(14)20-8-4-3-5-16(20)12-21/h6-7,9,13,16,19,21H,3-5,8,10-12H2,1-2H3. The molecule has 1 unspecified atom stereocenters. The van der Waals surface area contributed by atoms with E-state index in [9.17, 15) is 5.11 Å². The van der Waals surface area contributed by atoms with E-state index in [2.05, 4.69) is 58.2 Å². The molecule has 4 heteroatoms. The lowest BCUT2D eigenvalue weighted by Crippen LogP contribution is -2.42. The lowest BCUT2D eigenvalue weighted by atomic mass is 10.00. The highest BCUT2D eigenvalue weighted by atomic mass is 79.9. The molecule has 1 heterocycles. The van der Waals surface area contributed by atoms with E-state index in [-0.39, 0.29) is 12.6 Å². The molecule has 1 saturated heterocycles. The van der Waals surface area contributed by atoms with Crippen LogP contribution in [0.3, 0.4) is 0 Å². The maximum Gasteiger partial charge on any atom is 0.0635 e. The zero-order chi connectivity index (χ0) is 15.2. The third-order valence-corrected chi connectivity index (χ3v) is 4.56. The van der Waals surface area contributed by atoms with Crippen molar-refractivity contribution in [2.24, 2.45) is 5.92 Å². The third-order valence-electron chi connectivity index (χ3n) is 4.06. The van der Waals surface area contributed by atoms with Gasteiger partial charge in [0.1, 0.15) is 0 Å². The second kappa shape index (κ2) is 8.16. The third kappa shape index (κ3) is 4.70. The number of aliphatic hydroxyl groups excluding tert-OH is 1. The zero-order valence-electron chi connectivity index (χ0n) is 13.1. The van der Waals surface area contributed by atoms with Gasteiger partial charge in [-0.1, -0.05) is 35.8 Å². The molecule has 1 aromatic rings. The maximum absolute atomic E-state index is 9.66. The Morgan fingerprint density at radius 3 is 2.90 bits per heavy atom. The van der Waals surface area contributed by atoms with Gasteiger partial charge in [-0.05, 0) is 49.4 Å². The van der Waals surface area contributed by atoms with Crippen LogP contribution in [0.1, 0.15) is 38.7 Å². The van der Waals surface area contributed by atoms with E-state index in [1.165, 1.54) is 24.1 Å². The first kappa shape index (κ1) is 16.8. The van der Waals surface area contributed by atoms with Gasteiger partial charge in [-0.2, -0.15) is 0 Å². The normalized spacial score (nSPS) is 19.3. The highest BCUT2D eigenvalue weighted by Crippen LogP contribution is 2.30. The van der Waals surface area contributed by atoms with Crippen molar-refractivity contribution in [1.82, 2.24) is 5.32 Å². The highest BCUT2D eigenvalue weighted by molar-refractivity contribution is 9.10. The fourth-order valence-electron chi connectivity index (χ4n) is 2.96. The van der Waals surface area contributed by atoms with E-state index < -0.39 is 0 Å². The fourth-order valence-corrected chi connectivity index (χ4v) is 3.31. The molecular weight excluding hydrogens is 328 g/mol. The van der Waals surface area contributed by atoms with Crippen molar-refractivity contribution < 1.29 is 5.11 Å². The number of piperidine rings is 1. The average molecular weight is 355 g/mol. The molecule has 0 spiro atoms. The van der Waals surface area contributed by atoms with Gasteiger partial charge in [0.25, 0.3) is 0 Å². The van der Waals surface area contributed by atoms with E-state index in [1.54, 1.807) is 0 Å². The Kier molecular flexibility index (Phi) is 6.52. The van der Waals surface area contributed by atoms with Crippen LogP contribution in [0.15, 0.2) is 22.7 Å². The molecule has 0 amide bonds. The molecule has 0 radical (unpaired) electrons. The van der Waals surface area contributed by atoms with Crippen LogP contribution in [0, 0.1) is 5.92 Å². The Labute approximate surface area is 136 Å². The number of benzene rings is 1. The van der Waals surface area contributed by atoms with E-state index in [4.69, 9.17) is 0 Å². The molecule has 0 aromatic heterocycles. The van der Waals surface area contributed by atoms with Crippen LogP contribution in [0.4, 0.5) is 5.69 Å². The first-order valence-electron chi connectivity index (χ1n) is 7.98. The van der Waals surface area contributed by atoms with Crippen molar-refractivity contribution in [3.8, 4) is 0 Å². The first-order valence-corrected chi connectivity index (χ1v) is 8.77. The predicted molar refractivity (Wildman–Crippen MR) is 92.8 cm³/mol. The number of rotatable bonds is 6. The van der Waals surface area contributed by atoms with Crippen LogP contribution in [0.5, 0.6) is 0 Å². The number of hydrogen-bond acceptors (Lipinski definition) is 3. The molecule has 1 aliphatic rings. The van der Waals surface area contributed by atoms with Crippen molar-refractivity contribution in [3.63, 3.8) is 0 Å². The molecular formula is C17H27BrN2O. The van der Waals surface area contributed by atoms with Crippen molar-refractivity contribution in [2.75, 3.05) is 24.6 Å². The molecule has 3 nitrogen and oxygen atoms in total. The van der Waals surface area contributed by atoms with Crippen LogP contribution in [-0.2, 0) is 6.54 Å². The molecule has 2 rings (SSSR count). The molecule has 118 valence electrons. The minimum Gasteiger partial charge on any atom is -0.394 e. The Balaban J connectivity index is 2.17.